The first-order chi connectivity index (χ1) is 7.86. The number of hydrogen-bond acceptors (Lipinski definition) is 3. The fraction of sp³-hybridized carbons (Fsp3) is 0.400. The van der Waals surface area contributed by atoms with Gasteiger partial charge in [-0.3, -0.25) is 0 Å². The molecule has 0 fully saturated rings. The minimum absolute atomic E-state index is 0.130. The van der Waals surface area contributed by atoms with Crippen LogP contribution in [0, 0.1) is 0 Å². The van der Waals surface area contributed by atoms with Crippen LogP contribution >= 0.6 is 0 Å². The second-order valence-electron chi connectivity index (χ2n) is 3.93. The first-order valence-electron chi connectivity index (χ1n) is 5.04. The lowest BCUT2D eigenvalue weighted by atomic mass is 10.2. The molecule has 7 heteroatoms. The van der Waals surface area contributed by atoms with Gasteiger partial charge in [-0.2, -0.15) is 18.3 Å². The van der Waals surface area contributed by atoms with Gasteiger partial charge >= 0.3 is 6.18 Å². The molecule has 0 saturated heterocycles. The summed E-state index contributed by atoms with van der Waals surface area (Å²) in [5, 5.41) is 4.03. The van der Waals surface area contributed by atoms with E-state index in [0.717, 1.165) is 12.1 Å². The lowest BCUT2D eigenvalue weighted by Crippen LogP contribution is -2.18. The average molecular weight is 244 g/mol. The Kier molecular flexibility index (Phi) is 2.78. The Labute approximate surface area is 95.3 Å². The number of alkyl halides is 3. The number of rotatable bonds is 2. The van der Waals surface area contributed by atoms with Crippen molar-refractivity contribution in [2.24, 2.45) is 5.73 Å². The highest BCUT2D eigenvalue weighted by molar-refractivity contribution is 5.41. The Morgan fingerprint density at radius 1 is 1.47 bits per heavy atom. The first-order valence-corrected chi connectivity index (χ1v) is 5.04. The van der Waals surface area contributed by atoms with Gasteiger partial charge in [-0.15, -0.1) is 0 Å². The van der Waals surface area contributed by atoms with Crippen molar-refractivity contribution in [1.29, 1.82) is 0 Å². The third kappa shape index (κ3) is 2.55. The van der Waals surface area contributed by atoms with Gasteiger partial charge in [-0.1, -0.05) is 0 Å². The quantitative estimate of drug-likeness (QED) is 0.873. The highest BCUT2D eigenvalue weighted by Gasteiger charge is 2.30. The predicted molar refractivity (Wildman–Crippen MR) is 55.3 cm³/mol. The fourth-order valence-corrected chi connectivity index (χ4v) is 1.48. The molecule has 2 aromatic rings. The lowest BCUT2D eigenvalue weighted by molar-refractivity contribution is -0.137. The topological polar surface area (TPSA) is 56.2 Å². The number of nitrogens with two attached hydrogens (primary N) is 1. The maximum atomic E-state index is 12.5. The molecule has 92 valence electrons. The van der Waals surface area contributed by atoms with Crippen LogP contribution in [-0.4, -0.2) is 20.6 Å². The van der Waals surface area contributed by atoms with Crippen LogP contribution in [0.25, 0.3) is 5.65 Å². The number of pyridine rings is 1. The molecule has 2 N–H and O–H groups in total. The van der Waals surface area contributed by atoms with Crippen LogP contribution in [-0.2, 0) is 12.6 Å². The van der Waals surface area contributed by atoms with E-state index in [1.807, 2.05) is 0 Å². The second-order valence-corrected chi connectivity index (χ2v) is 3.93. The van der Waals surface area contributed by atoms with Crippen molar-refractivity contribution in [3.8, 4) is 0 Å². The summed E-state index contributed by atoms with van der Waals surface area (Å²) in [6, 6.07) is 1.81. The monoisotopic (exact) mass is 244 g/mol. The van der Waals surface area contributed by atoms with Crippen molar-refractivity contribution in [3.63, 3.8) is 0 Å². The number of halogens is 3. The SMILES string of the molecule is CC(N)Cc1nc2cc(C(F)(F)F)ccn2n1. The van der Waals surface area contributed by atoms with Crippen molar-refractivity contribution >= 4 is 5.65 Å². The highest BCUT2D eigenvalue weighted by atomic mass is 19.4. The molecule has 4 nitrogen and oxygen atoms in total. The molecule has 0 aromatic carbocycles. The Bertz CT molecular complexity index is 530. The van der Waals surface area contributed by atoms with Crippen LogP contribution in [0.4, 0.5) is 13.2 Å². The number of fused-ring (bicyclic) bond motifs is 1. The van der Waals surface area contributed by atoms with Gasteiger partial charge in [0.05, 0.1) is 5.56 Å². The molecule has 0 aliphatic rings. The van der Waals surface area contributed by atoms with Gasteiger partial charge in [0.15, 0.2) is 11.5 Å². The minimum Gasteiger partial charge on any atom is -0.328 e. The Balaban J connectivity index is 2.41. The number of nitrogens with zero attached hydrogens (tertiary/aromatic N) is 3. The number of aromatic nitrogens is 3. The molecule has 0 aliphatic carbocycles. The summed E-state index contributed by atoms with van der Waals surface area (Å²) in [5.74, 6) is 0.444. The summed E-state index contributed by atoms with van der Waals surface area (Å²) in [6.07, 6.45) is -2.69. The molecule has 2 heterocycles. The van der Waals surface area contributed by atoms with E-state index in [4.69, 9.17) is 5.73 Å². The smallest absolute Gasteiger partial charge is 0.328 e. The molecule has 0 amide bonds. The van der Waals surface area contributed by atoms with Crippen LogP contribution in [0.1, 0.15) is 18.3 Å². The van der Waals surface area contributed by atoms with Gasteiger partial charge < -0.3 is 5.73 Å². The van der Waals surface area contributed by atoms with Gasteiger partial charge in [-0.05, 0) is 19.1 Å². The molecule has 0 aliphatic heterocycles. The summed E-state index contributed by atoms with van der Waals surface area (Å²) in [5.41, 5.74) is 5.02. The van der Waals surface area contributed by atoms with E-state index in [0.29, 0.717) is 12.2 Å². The van der Waals surface area contributed by atoms with Crippen LogP contribution < -0.4 is 5.73 Å². The van der Waals surface area contributed by atoms with Gasteiger partial charge in [0.25, 0.3) is 0 Å². The summed E-state index contributed by atoms with van der Waals surface area (Å²) in [6.45, 7) is 1.78. The molecule has 2 rings (SSSR count). The van der Waals surface area contributed by atoms with Crippen molar-refractivity contribution in [2.45, 2.75) is 25.6 Å². The Morgan fingerprint density at radius 2 is 2.18 bits per heavy atom. The van der Waals surface area contributed by atoms with E-state index < -0.39 is 11.7 Å². The lowest BCUT2D eigenvalue weighted by Gasteiger charge is -2.05. The third-order valence-corrected chi connectivity index (χ3v) is 2.21. The van der Waals surface area contributed by atoms with E-state index in [1.54, 1.807) is 6.92 Å². The van der Waals surface area contributed by atoms with Crippen molar-refractivity contribution < 1.29 is 13.2 Å². The zero-order valence-corrected chi connectivity index (χ0v) is 9.07. The van der Waals surface area contributed by atoms with Crippen LogP contribution in [0.3, 0.4) is 0 Å². The second kappa shape index (κ2) is 3.99. The van der Waals surface area contributed by atoms with Gasteiger partial charge in [0.1, 0.15) is 0 Å². The van der Waals surface area contributed by atoms with Crippen LogP contribution in [0.2, 0.25) is 0 Å². The molecule has 1 unspecified atom stereocenters. The van der Waals surface area contributed by atoms with E-state index >= 15 is 0 Å². The first kappa shape index (κ1) is 11.8. The van der Waals surface area contributed by atoms with E-state index in [2.05, 4.69) is 10.1 Å². The molecule has 0 spiro atoms. The standard InChI is InChI=1S/C10H11F3N4/c1-6(14)4-8-15-9-5-7(10(11,12)13)2-3-17(9)16-8/h2-3,5-6H,4,14H2,1H3. The normalized spacial score (nSPS) is 14.2. The van der Waals surface area contributed by atoms with Crippen molar-refractivity contribution in [3.05, 3.63) is 29.7 Å². The highest BCUT2D eigenvalue weighted by Crippen LogP contribution is 2.29. The maximum absolute atomic E-state index is 12.5. The zero-order valence-electron chi connectivity index (χ0n) is 9.07. The van der Waals surface area contributed by atoms with Crippen molar-refractivity contribution in [2.75, 3.05) is 0 Å². The fourth-order valence-electron chi connectivity index (χ4n) is 1.48. The maximum Gasteiger partial charge on any atom is 0.416 e. The Morgan fingerprint density at radius 3 is 2.76 bits per heavy atom. The van der Waals surface area contributed by atoms with Gasteiger partial charge in [0, 0.05) is 18.7 Å². The Hall–Kier alpha value is -1.63. The van der Waals surface area contributed by atoms with E-state index in [-0.39, 0.29) is 11.7 Å². The van der Waals surface area contributed by atoms with Crippen LogP contribution in [0.15, 0.2) is 18.3 Å². The zero-order chi connectivity index (χ0) is 12.6. The molecule has 2 aromatic heterocycles. The summed E-state index contributed by atoms with van der Waals surface area (Å²) in [7, 11) is 0. The summed E-state index contributed by atoms with van der Waals surface area (Å²) < 4.78 is 38.7. The number of hydrogen-bond donors (Lipinski definition) is 1. The van der Waals surface area contributed by atoms with E-state index in [9.17, 15) is 13.2 Å². The third-order valence-electron chi connectivity index (χ3n) is 2.21. The molecule has 1 atom stereocenters. The molecular weight excluding hydrogens is 233 g/mol. The molecule has 0 saturated carbocycles. The summed E-state index contributed by atoms with van der Waals surface area (Å²) in [4.78, 5) is 4.00. The predicted octanol–water partition coefficient (Wildman–Crippen LogP) is 1.64. The average Bonchev–Trinajstić information content (AvgIpc) is 2.55. The summed E-state index contributed by atoms with van der Waals surface area (Å²) >= 11 is 0. The van der Waals surface area contributed by atoms with Crippen LogP contribution in [0.5, 0.6) is 0 Å². The minimum atomic E-state index is -4.37. The van der Waals surface area contributed by atoms with E-state index in [1.165, 1.54) is 10.7 Å². The molecule has 0 bridgehead atoms. The van der Waals surface area contributed by atoms with Crippen molar-refractivity contribution in [1.82, 2.24) is 14.6 Å². The molecule has 17 heavy (non-hydrogen) atoms. The largest absolute Gasteiger partial charge is 0.416 e. The molecule has 0 radical (unpaired) electrons. The van der Waals surface area contributed by atoms with Gasteiger partial charge in [-0.25, -0.2) is 9.50 Å². The molecular formula is C10H11F3N4. The van der Waals surface area contributed by atoms with Gasteiger partial charge in [0.2, 0.25) is 0 Å².